The summed E-state index contributed by atoms with van der Waals surface area (Å²) in [6, 6.07) is 0. The van der Waals surface area contributed by atoms with Gasteiger partial charge in [-0.25, -0.2) is 0 Å². The van der Waals surface area contributed by atoms with Gasteiger partial charge in [0, 0.05) is 19.2 Å². The molecule has 5 atom stereocenters. The minimum Gasteiger partial charge on any atom is -0.394 e. The number of ether oxygens (including phenoxy) is 2. The van der Waals surface area contributed by atoms with Gasteiger partial charge in [0.15, 0.2) is 6.29 Å². The van der Waals surface area contributed by atoms with Gasteiger partial charge in [-0.3, -0.25) is 0 Å². The molecule has 7 nitrogen and oxygen atoms in total. The van der Waals surface area contributed by atoms with Crippen molar-refractivity contribution in [1.29, 1.82) is 0 Å². The molecule has 1 fully saturated rings. The molecule has 0 saturated carbocycles. The van der Waals surface area contributed by atoms with E-state index in [2.05, 4.69) is 5.32 Å². The Morgan fingerprint density at radius 2 is 1.78 bits per heavy atom. The molecule has 1 aliphatic rings. The van der Waals surface area contributed by atoms with Crippen LogP contribution in [0.2, 0.25) is 0 Å². The zero-order valence-electron chi connectivity index (χ0n) is 10.9. The molecule has 18 heavy (non-hydrogen) atoms. The SMILES string of the molecule is CO[C@H]1O[C@H](CNC(C)(C)CO)[C@@H](O)[C@H](O)[C@H]1O. The molecule has 0 amide bonds. The first-order valence-electron chi connectivity index (χ1n) is 5.90. The number of aliphatic hydroxyl groups excluding tert-OH is 4. The summed E-state index contributed by atoms with van der Waals surface area (Å²) in [4.78, 5) is 0. The van der Waals surface area contributed by atoms with Gasteiger partial charge in [-0.1, -0.05) is 0 Å². The van der Waals surface area contributed by atoms with Gasteiger partial charge in [0.05, 0.1) is 6.61 Å². The van der Waals surface area contributed by atoms with Gasteiger partial charge in [0.25, 0.3) is 0 Å². The summed E-state index contributed by atoms with van der Waals surface area (Å²) in [5, 5.41) is 41.2. The molecule has 0 aromatic heterocycles. The van der Waals surface area contributed by atoms with E-state index in [4.69, 9.17) is 14.6 Å². The van der Waals surface area contributed by atoms with Gasteiger partial charge >= 0.3 is 0 Å². The molecule has 0 aromatic carbocycles. The number of nitrogens with one attached hydrogen (secondary N) is 1. The number of hydrogen-bond acceptors (Lipinski definition) is 7. The fourth-order valence-corrected chi connectivity index (χ4v) is 1.71. The average Bonchev–Trinajstić information content (AvgIpc) is 2.35. The maximum Gasteiger partial charge on any atom is 0.186 e. The lowest BCUT2D eigenvalue weighted by Gasteiger charge is -2.40. The molecule has 0 aliphatic carbocycles. The Balaban J connectivity index is 2.59. The van der Waals surface area contributed by atoms with E-state index < -0.39 is 36.2 Å². The topological polar surface area (TPSA) is 111 Å². The highest BCUT2D eigenvalue weighted by Crippen LogP contribution is 2.21. The molecule has 0 unspecified atom stereocenters. The van der Waals surface area contributed by atoms with Crippen LogP contribution in [0.1, 0.15) is 13.8 Å². The second-order valence-corrected chi connectivity index (χ2v) is 5.17. The number of aliphatic hydroxyl groups is 4. The largest absolute Gasteiger partial charge is 0.394 e. The molecular weight excluding hydrogens is 242 g/mol. The van der Waals surface area contributed by atoms with Crippen molar-refractivity contribution >= 4 is 0 Å². The van der Waals surface area contributed by atoms with Gasteiger partial charge in [0.1, 0.15) is 24.4 Å². The Morgan fingerprint density at radius 3 is 2.28 bits per heavy atom. The third-order valence-electron chi connectivity index (χ3n) is 3.08. The van der Waals surface area contributed by atoms with Crippen molar-refractivity contribution in [3.8, 4) is 0 Å². The molecule has 0 spiro atoms. The van der Waals surface area contributed by atoms with Crippen LogP contribution in [-0.4, -0.2) is 76.9 Å². The standard InChI is InChI=1S/C11H23NO6/c1-11(2,5-13)12-4-6-7(14)8(15)9(16)10(17-3)18-6/h6-10,12-16H,4-5H2,1-3H3/t6-,7-,8+,9-,10+/m1/s1. The van der Waals surface area contributed by atoms with Crippen LogP contribution in [0.4, 0.5) is 0 Å². The van der Waals surface area contributed by atoms with Crippen LogP contribution in [0, 0.1) is 0 Å². The zero-order valence-corrected chi connectivity index (χ0v) is 10.9. The molecule has 1 heterocycles. The summed E-state index contributed by atoms with van der Waals surface area (Å²) in [6.45, 7) is 3.73. The summed E-state index contributed by atoms with van der Waals surface area (Å²) in [7, 11) is 1.35. The third kappa shape index (κ3) is 3.61. The van der Waals surface area contributed by atoms with E-state index in [1.807, 2.05) is 0 Å². The monoisotopic (exact) mass is 265 g/mol. The van der Waals surface area contributed by atoms with E-state index in [0.717, 1.165) is 0 Å². The van der Waals surface area contributed by atoms with Crippen molar-refractivity contribution in [2.24, 2.45) is 0 Å². The number of rotatable bonds is 5. The summed E-state index contributed by atoms with van der Waals surface area (Å²) in [5.41, 5.74) is -0.521. The van der Waals surface area contributed by atoms with Crippen molar-refractivity contribution in [3.05, 3.63) is 0 Å². The Labute approximate surface area is 106 Å². The minimum atomic E-state index is -1.33. The van der Waals surface area contributed by atoms with Gasteiger partial charge < -0.3 is 35.2 Å². The van der Waals surface area contributed by atoms with Gasteiger partial charge in [-0.05, 0) is 13.8 Å². The number of hydrogen-bond donors (Lipinski definition) is 5. The summed E-state index contributed by atoms with van der Waals surface area (Å²) in [6.07, 6.45) is -5.53. The van der Waals surface area contributed by atoms with Crippen molar-refractivity contribution in [1.82, 2.24) is 5.32 Å². The molecule has 1 saturated heterocycles. The van der Waals surface area contributed by atoms with Crippen molar-refractivity contribution < 1.29 is 29.9 Å². The Kier molecular flexibility index (Phi) is 5.47. The Hall–Kier alpha value is -0.280. The maximum atomic E-state index is 9.80. The molecule has 0 aromatic rings. The lowest BCUT2D eigenvalue weighted by molar-refractivity contribution is -0.288. The fourth-order valence-electron chi connectivity index (χ4n) is 1.71. The second-order valence-electron chi connectivity index (χ2n) is 5.17. The lowest BCUT2D eigenvalue weighted by atomic mass is 9.98. The first kappa shape index (κ1) is 15.8. The molecule has 1 aliphatic heterocycles. The fraction of sp³-hybridized carbons (Fsp3) is 1.00. The predicted molar refractivity (Wildman–Crippen MR) is 62.9 cm³/mol. The van der Waals surface area contributed by atoms with Gasteiger partial charge in [-0.2, -0.15) is 0 Å². The van der Waals surface area contributed by atoms with Gasteiger partial charge in [-0.15, -0.1) is 0 Å². The molecule has 7 heteroatoms. The molecule has 108 valence electrons. The van der Waals surface area contributed by atoms with Crippen molar-refractivity contribution in [2.75, 3.05) is 20.3 Å². The van der Waals surface area contributed by atoms with Crippen LogP contribution in [0.5, 0.6) is 0 Å². The van der Waals surface area contributed by atoms with Crippen molar-refractivity contribution in [3.63, 3.8) is 0 Å². The van der Waals surface area contributed by atoms with E-state index in [0.29, 0.717) is 0 Å². The summed E-state index contributed by atoms with van der Waals surface area (Å²) < 4.78 is 10.2. The van der Waals surface area contributed by atoms with E-state index >= 15 is 0 Å². The highest BCUT2D eigenvalue weighted by molar-refractivity contribution is 4.91. The molecule has 1 rings (SSSR count). The van der Waals surface area contributed by atoms with Crippen molar-refractivity contribution in [2.45, 2.75) is 50.1 Å². The highest BCUT2D eigenvalue weighted by Gasteiger charge is 2.44. The minimum absolute atomic E-state index is 0.0747. The van der Waals surface area contributed by atoms with Crippen LogP contribution in [0.3, 0.4) is 0 Å². The van der Waals surface area contributed by atoms with Crippen LogP contribution >= 0.6 is 0 Å². The molecule has 5 N–H and O–H groups in total. The Morgan fingerprint density at radius 1 is 1.17 bits per heavy atom. The van der Waals surface area contributed by atoms with Crippen LogP contribution in [0.25, 0.3) is 0 Å². The van der Waals surface area contributed by atoms with Gasteiger partial charge in [0.2, 0.25) is 0 Å². The Bertz CT molecular complexity index is 260. The molecule has 0 bridgehead atoms. The summed E-state index contributed by atoms with van der Waals surface area (Å²) >= 11 is 0. The molecular formula is C11H23NO6. The lowest BCUT2D eigenvalue weighted by Crippen LogP contribution is -2.61. The maximum absolute atomic E-state index is 9.80. The van der Waals surface area contributed by atoms with E-state index in [1.54, 1.807) is 13.8 Å². The first-order valence-corrected chi connectivity index (χ1v) is 5.90. The van der Waals surface area contributed by atoms with E-state index in [-0.39, 0.29) is 13.2 Å². The average molecular weight is 265 g/mol. The van der Waals surface area contributed by atoms with Crippen LogP contribution in [0.15, 0.2) is 0 Å². The van der Waals surface area contributed by atoms with E-state index in [1.165, 1.54) is 7.11 Å². The van der Waals surface area contributed by atoms with Crippen LogP contribution < -0.4 is 5.32 Å². The second kappa shape index (κ2) is 6.25. The zero-order chi connectivity index (χ0) is 13.9. The predicted octanol–water partition coefficient (Wildman–Crippen LogP) is -2.20. The van der Waals surface area contributed by atoms with E-state index in [9.17, 15) is 15.3 Å². The quantitative estimate of drug-likeness (QED) is 0.383. The molecule has 0 radical (unpaired) electrons. The normalized spacial score (nSPS) is 37.8. The first-order chi connectivity index (χ1) is 8.32. The summed E-state index contributed by atoms with van der Waals surface area (Å²) in [5.74, 6) is 0. The smallest absolute Gasteiger partial charge is 0.186 e. The third-order valence-corrected chi connectivity index (χ3v) is 3.08. The van der Waals surface area contributed by atoms with Crippen LogP contribution in [-0.2, 0) is 9.47 Å². The number of methoxy groups -OCH3 is 1. The highest BCUT2D eigenvalue weighted by atomic mass is 16.7.